The van der Waals surface area contributed by atoms with E-state index in [1.165, 1.54) is 0 Å². The molecule has 0 saturated carbocycles. The standard InChI is InChI=1S/C20H22N2O2S/c1-4-22(19-11-7-9-16-8-5-6-10-17(16)19)20(23)13-25-12-18-14(2)21-24-15(18)3/h5-11H,4,12-13H2,1-3H3. The molecule has 0 atom stereocenters. The van der Waals surface area contributed by atoms with Crippen LogP contribution in [-0.2, 0) is 10.5 Å². The molecule has 0 aliphatic heterocycles. The zero-order valence-corrected chi connectivity index (χ0v) is 15.6. The van der Waals surface area contributed by atoms with Gasteiger partial charge in [-0.2, -0.15) is 0 Å². The van der Waals surface area contributed by atoms with E-state index in [0.717, 1.165) is 39.2 Å². The highest BCUT2D eigenvalue weighted by atomic mass is 32.2. The van der Waals surface area contributed by atoms with E-state index < -0.39 is 0 Å². The maximum Gasteiger partial charge on any atom is 0.236 e. The van der Waals surface area contributed by atoms with Gasteiger partial charge in [-0.05, 0) is 32.2 Å². The third kappa shape index (κ3) is 3.71. The molecule has 25 heavy (non-hydrogen) atoms. The summed E-state index contributed by atoms with van der Waals surface area (Å²) in [6.45, 7) is 6.51. The lowest BCUT2D eigenvalue weighted by molar-refractivity contribution is -0.116. The molecule has 0 spiro atoms. The predicted octanol–water partition coefficient (Wildman–Crippen LogP) is 4.73. The SMILES string of the molecule is CCN(C(=O)CSCc1c(C)noc1C)c1cccc2ccccc12. The molecule has 130 valence electrons. The van der Waals surface area contributed by atoms with E-state index in [4.69, 9.17) is 4.52 Å². The largest absolute Gasteiger partial charge is 0.361 e. The molecule has 1 heterocycles. The monoisotopic (exact) mass is 354 g/mol. The fourth-order valence-electron chi connectivity index (χ4n) is 2.95. The van der Waals surface area contributed by atoms with Gasteiger partial charge in [0, 0.05) is 23.2 Å². The van der Waals surface area contributed by atoms with Crippen molar-refractivity contribution in [3.63, 3.8) is 0 Å². The fourth-order valence-corrected chi connectivity index (χ4v) is 4.00. The van der Waals surface area contributed by atoms with Gasteiger partial charge in [0.25, 0.3) is 0 Å². The molecule has 0 aliphatic carbocycles. The van der Waals surface area contributed by atoms with Crippen molar-refractivity contribution in [1.82, 2.24) is 5.16 Å². The average molecular weight is 354 g/mol. The zero-order chi connectivity index (χ0) is 17.8. The Kier molecular flexibility index (Phi) is 5.43. The van der Waals surface area contributed by atoms with Gasteiger partial charge in [-0.25, -0.2) is 0 Å². The third-order valence-corrected chi connectivity index (χ3v) is 5.27. The highest BCUT2D eigenvalue weighted by Gasteiger charge is 2.17. The topological polar surface area (TPSA) is 46.3 Å². The minimum absolute atomic E-state index is 0.121. The Morgan fingerprint density at radius 2 is 1.92 bits per heavy atom. The first kappa shape index (κ1) is 17.5. The molecule has 2 aromatic carbocycles. The van der Waals surface area contributed by atoms with E-state index in [0.29, 0.717) is 12.3 Å². The second kappa shape index (κ2) is 7.74. The van der Waals surface area contributed by atoms with Crippen LogP contribution in [0.3, 0.4) is 0 Å². The number of carbonyl (C=O) groups excluding carboxylic acids is 1. The van der Waals surface area contributed by atoms with Crippen molar-refractivity contribution in [2.75, 3.05) is 17.2 Å². The van der Waals surface area contributed by atoms with Crippen molar-refractivity contribution in [1.29, 1.82) is 0 Å². The molecule has 1 amide bonds. The number of rotatable bonds is 6. The van der Waals surface area contributed by atoms with Gasteiger partial charge in [0.2, 0.25) is 5.91 Å². The van der Waals surface area contributed by atoms with E-state index in [1.54, 1.807) is 11.8 Å². The van der Waals surface area contributed by atoms with Crippen molar-refractivity contribution in [2.45, 2.75) is 26.5 Å². The lowest BCUT2D eigenvalue weighted by Crippen LogP contribution is -2.32. The maximum atomic E-state index is 12.8. The lowest BCUT2D eigenvalue weighted by Gasteiger charge is -2.22. The summed E-state index contributed by atoms with van der Waals surface area (Å²) in [5, 5.41) is 6.22. The van der Waals surface area contributed by atoms with Crippen LogP contribution in [0.4, 0.5) is 5.69 Å². The maximum absolute atomic E-state index is 12.8. The number of anilines is 1. The Balaban J connectivity index is 1.73. The highest BCUT2D eigenvalue weighted by molar-refractivity contribution is 7.99. The Hall–Kier alpha value is -2.27. The minimum Gasteiger partial charge on any atom is -0.361 e. The van der Waals surface area contributed by atoms with Crippen LogP contribution < -0.4 is 4.90 Å². The molecule has 3 aromatic rings. The number of hydrogen-bond acceptors (Lipinski definition) is 4. The number of amides is 1. The summed E-state index contributed by atoms with van der Waals surface area (Å²) in [6, 6.07) is 14.3. The minimum atomic E-state index is 0.121. The van der Waals surface area contributed by atoms with Crippen molar-refractivity contribution in [3.8, 4) is 0 Å². The quantitative estimate of drug-likeness (QED) is 0.642. The number of hydrogen-bond donors (Lipinski definition) is 0. The third-order valence-electron chi connectivity index (χ3n) is 4.33. The van der Waals surface area contributed by atoms with Gasteiger partial charge in [-0.15, -0.1) is 11.8 Å². The normalized spacial score (nSPS) is 11.0. The number of carbonyl (C=O) groups is 1. The Bertz CT molecular complexity index is 864. The Morgan fingerprint density at radius 3 is 2.64 bits per heavy atom. The molecule has 0 saturated heterocycles. The van der Waals surface area contributed by atoms with E-state index >= 15 is 0 Å². The van der Waals surface area contributed by atoms with E-state index in [-0.39, 0.29) is 5.91 Å². The van der Waals surface area contributed by atoms with Crippen LogP contribution in [0.25, 0.3) is 10.8 Å². The zero-order valence-electron chi connectivity index (χ0n) is 14.8. The highest BCUT2D eigenvalue weighted by Crippen LogP contribution is 2.27. The molecule has 0 aliphatic rings. The number of aromatic nitrogens is 1. The van der Waals surface area contributed by atoms with Crippen LogP contribution in [0.15, 0.2) is 47.0 Å². The van der Waals surface area contributed by atoms with Crippen molar-refractivity contribution >= 4 is 34.1 Å². The van der Waals surface area contributed by atoms with Gasteiger partial charge in [-0.1, -0.05) is 41.6 Å². The average Bonchev–Trinajstić information content (AvgIpc) is 2.94. The molecule has 3 rings (SSSR count). The van der Waals surface area contributed by atoms with Crippen LogP contribution in [-0.4, -0.2) is 23.4 Å². The van der Waals surface area contributed by atoms with Gasteiger partial charge < -0.3 is 9.42 Å². The number of thioether (sulfide) groups is 1. The summed E-state index contributed by atoms with van der Waals surface area (Å²) in [5.41, 5.74) is 2.97. The second-order valence-electron chi connectivity index (χ2n) is 5.93. The molecule has 0 radical (unpaired) electrons. The fraction of sp³-hybridized carbons (Fsp3) is 0.300. The predicted molar refractivity (Wildman–Crippen MR) is 104 cm³/mol. The van der Waals surface area contributed by atoms with E-state index in [9.17, 15) is 4.79 Å². The summed E-state index contributed by atoms with van der Waals surface area (Å²) < 4.78 is 5.18. The number of nitrogens with zero attached hydrogens (tertiary/aromatic N) is 2. The molecule has 0 fully saturated rings. The molecular weight excluding hydrogens is 332 g/mol. The summed E-state index contributed by atoms with van der Waals surface area (Å²) in [4.78, 5) is 14.6. The summed E-state index contributed by atoms with van der Waals surface area (Å²) >= 11 is 1.60. The van der Waals surface area contributed by atoms with Crippen LogP contribution in [0, 0.1) is 13.8 Å². The molecule has 0 unspecified atom stereocenters. The second-order valence-corrected chi connectivity index (χ2v) is 6.92. The molecule has 0 N–H and O–H groups in total. The Morgan fingerprint density at radius 1 is 1.16 bits per heavy atom. The van der Waals surface area contributed by atoms with Crippen LogP contribution in [0.5, 0.6) is 0 Å². The van der Waals surface area contributed by atoms with Gasteiger partial charge in [0.1, 0.15) is 5.76 Å². The molecule has 0 bridgehead atoms. The van der Waals surface area contributed by atoms with Gasteiger partial charge >= 0.3 is 0 Å². The summed E-state index contributed by atoms with van der Waals surface area (Å²) in [5.74, 6) is 2.12. The summed E-state index contributed by atoms with van der Waals surface area (Å²) in [6.07, 6.45) is 0. The number of benzene rings is 2. The number of fused-ring (bicyclic) bond motifs is 1. The summed E-state index contributed by atoms with van der Waals surface area (Å²) in [7, 11) is 0. The first-order valence-corrected chi connectivity index (χ1v) is 9.55. The van der Waals surface area contributed by atoms with E-state index in [2.05, 4.69) is 23.4 Å². The van der Waals surface area contributed by atoms with Crippen molar-refractivity contribution in [2.24, 2.45) is 0 Å². The Labute approximate surface area is 152 Å². The molecular formula is C20H22N2O2S. The molecule has 5 heteroatoms. The van der Waals surface area contributed by atoms with Crippen molar-refractivity contribution < 1.29 is 9.32 Å². The molecule has 4 nitrogen and oxygen atoms in total. The van der Waals surface area contributed by atoms with Crippen LogP contribution in [0.1, 0.15) is 23.9 Å². The van der Waals surface area contributed by atoms with Crippen LogP contribution >= 0.6 is 11.8 Å². The van der Waals surface area contributed by atoms with Gasteiger partial charge in [-0.3, -0.25) is 4.79 Å². The van der Waals surface area contributed by atoms with Gasteiger partial charge in [0.05, 0.1) is 17.1 Å². The lowest BCUT2D eigenvalue weighted by atomic mass is 10.1. The number of aryl methyl sites for hydroxylation is 2. The van der Waals surface area contributed by atoms with Crippen molar-refractivity contribution in [3.05, 3.63) is 59.5 Å². The van der Waals surface area contributed by atoms with Gasteiger partial charge in [0.15, 0.2) is 0 Å². The smallest absolute Gasteiger partial charge is 0.236 e. The van der Waals surface area contributed by atoms with Crippen LogP contribution in [0.2, 0.25) is 0 Å². The first-order valence-electron chi connectivity index (χ1n) is 8.39. The first-order chi connectivity index (χ1) is 12.1. The molecule has 1 aromatic heterocycles. The van der Waals surface area contributed by atoms with E-state index in [1.807, 2.05) is 49.9 Å².